The summed E-state index contributed by atoms with van der Waals surface area (Å²) < 4.78 is 5.25. The molecular weight excluding hydrogens is 216 g/mol. The molecule has 0 N–H and O–H groups in total. The SMILES string of the molecule is CC.CC(C)(C)OC(=O)N1CCC(C#N)CC1. The number of hydrogen-bond donors (Lipinski definition) is 0. The second-order valence-corrected chi connectivity index (χ2v) is 4.87. The van der Waals surface area contributed by atoms with Crippen molar-refractivity contribution < 1.29 is 9.53 Å². The number of carbonyl (C=O) groups is 1. The third-order valence-corrected chi connectivity index (χ3v) is 2.33. The van der Waals surface area contributed by atoms with Gasteiger partial charge in [-0.25, -0.2) is 4.79 Å². The summed E-state index contributed by atoms with van der Waals surface area (Å²) in [5.74, 6) is 0.101. The Morgan fingerprint density at radius 3 is 2.12 bits per heavy atom. The van der Waals surface area contributed by atoms with Crippen LogP contribution >= 0.6 is 0 Å². The first kappa shape index (κ1) is 15.8. The Morgan fingerprint density at radius 2 is 1.76 bits per heavy atom. The number of rotatable bonds is 0. The summed E-state index contributed by atoms with van der Waals surface area (Å²) in [5, 5.41) is 8.72. The molecule has 0 saturated carbocycles. The highest BCUT2D eigenvalue weighted by atomic mass is 16.6. The van der Waals surface area contributed by atoms with Gasteiger partial charge in [0.25, 0.3) is 0 Å². The molecule has 1 aliphatic rings. The van der Waals surface area contributed by atoms with Crippen molar-refractivity contribution in [3.8, 4) is 6.07 Å². The molecule has 0 bridgehead atoms. The molecule has 0 unspecified atom stereocenters. The number of likely N-dealkylation sites (tertiary alicyclic amines) is 1. The van der Waals surface area contributed by atoms with Gasteiger partial charge in [-0.05, 0) is 33.6 Å². The highest BCUT2D eigenvalue weighted by Gasteiger charge is 2.26. The van der Waals surface area contributed by atoms with Crippen molar-refractivity contribution in [3.63, 3.8) is 0 Å². The predicted molar refractivity (Wildman–Crippen MR) is 67.5 cm³/mol. The molecule has 1 saturated heterocycles. The Morgan fingerprint density at radius 1 is 1.29 bits per heavy atom. The smallest absolute Gasteiger partial charge is 0.410 e. The van der Waals surface area contributed by atoms with Crippen LogP contribution in [0.1, 0.15) is 47.5 Å². The first-order valence-corrected chi connectivity index (χ1v) is 6.30. The maximum absolute atomic E-state index is 11.6. The van der Waals surface area contributed by atoms with Crippen LogP contribution in [0.3, 0.4) is 0 Å². The standard InChI is InChI=1S/C11H18N2O2.C2H6/c1-11(2,3)15-10(14)13-6-4-9(8-12)5-7-13;1-2/h9H,4-7H2,1-3H3;1-2H3. The van der Waals surface area contributed by atoms with Crippen LogP contribution in [-0.4, -0.2) is 29.7 Å². The van der Waals surface area contributed by atoms with Gasteiger partial charge in [0.05, 0.1) is 6.07 Å². The minimum atomic E-state index is -0.441. The van der Waals surface area contributed by atoms with Gasteiger partial charge in [-0.3, -0.25) is 0 Å². The summed E-state index contributed by atoms with van der Waals surface area (Å²) >= 11 is 0. The first-order chi connectivity index (χ1) is 7.92. The van der Waals surface area contributed by atoms with Gasteiger partial charge in [0.2, 0.25) is 0 Å². The lowest BCUT2D eigenvalue weighted by atomic mass is 9.99. The maximum atomic E-state index is 11.6. The molecule has 4 heteroatoms. The molecule has 17 heavy (non-hydrogen) atoms. The molecule has 1 amide bonds. The van der Waals surface area contributed by atoms with Crippen molar-refractivity contribution in [3.05, 3.63) is 0 Å². The van der Waals surface area contributed by atoms with E-state index in [0.717, 1.165) is 12.8 Å². The van der Waals surface area contributed by atoms with Crippen LogP contribution in [0.2, 0.25) is 0 Å². The highest BCUT2D eigenvalue weighted by molar-refractivity contribution is 5.68. The lowest BCUT2D eigenvalue weighted by Gasteiger charge is -2.31. The average Bonchev–Trinajstić information content (AvgIpc) is 2.29. The van der Waals surface area contributed by atoms with E-state index < -0.39 is 5.60 Å². The van der Waals surface area contributed by atoms with Crippen molar-refractivity contribution >= 4 is 6.09 Å². The van der Waals surface area contributed by atoms with Gasteiger partial charge in [-0.1, -0.05) is 13.8 Å². The molecule has 4 nitrogen and oxygen atoms in total. The van der Waals surface area contributed by atoms with E-state index in [4.69, 9.17) is 10.00 Å². The molecule has 0 aromatic heterocycles. The Labute approximate surface area is 105 Å². The van der Waals surface area contributed by atoms with Crippen LogP contribution in [-0.2, 0) is 4.74 Å². The zero-order valence-corrected chi connectivity index (χ0v) is 11.6. The Bertz CT molecular complexity index is 268. The number of nitrogens with zero attached hydrogens (tertiary/aromatic N) is 2. The minimum absolute atomic E-state index is 0.101. The van der Waals surface area contributed by atoms with Gasteiger partial charge in [-0.15, -0.1) is 0 Å². The number of hydrogen-bond acceptors (Lipinski definition) is 3. The lowest BCUT2D eigenvalue weighted by Crippen LogP contribution is -2.41. The molecule has 1 heterocycles. The minimum Gasteiger partial charge on any atom is -0.444 e. The van der Waals surface area contributed by atoms with Crippen molar-refractivity contribution in [1.29, 1.82) is 5.26 Å². The van der Waals surface area contributed by atoms with E-state index >= 15 is 0 Å². The number of piperidine rings is 1. The zero-order chi connectivity index (χ0) is 13.5. The Hall–Kier alpha value is -1.24. The van der Waals surface area contributed by atoms with Gasteiger partial charge >= 0.3 is 6.09 Å². The van der Waals surface area contributed by atoms with E-state index in [1.807, 2.05) is 34.6 Å². The van der Waals surface area contributed by atoms with Crippen LogP contribution in [0.5, 0.6) is 0 Å². The number of nitriles is 1. The summed E-state index contributed by atoms with van der Waals surface area (Å²) in [5.41, 5.74) is -0.441. The molecular formula is C13H24N2O2. The summed E-state index contributed by atoms with van der Waals surface area (Å²) in [7, 11) is 0. The van der Waals surface area contributed by atoms with Gasteiger partial charge in [-0.2, -0.15) is 5.26 Å². The molecule has 0 atom stereocenters. The second-order valence-electron chi connectivity index (χ2n) is 4.87. The van der Waals surface area contributed by atoms with Gasteiger partial charge < -0.3 is 9.64 Å². The van der Waals surface area contributed by atoms with Gasteiger partial charge in [0.1, 0.15) is 5.60 Å². The van der Waals surface area contributed by atoms with E-state index in [1.165, 1.54) is 0 Å². The Kier molecular flexibility index (Phi) is 6.64. The molecule has 1 fully saturated rings. The fourth-order valence-electron chi connectivity index (χ4n) is 1.52. The molecule has 0 aliphatic carbocycles. The third-order valence-electron chi connectivity index (χ3n) is 2.33. The fourth-order valence-corrected chi connectivity index (χ4v) is 1.52. The summed E-state index contributed by atoms with van der Waals surface area (Å²) in [6, 6.07) is 2.23. The quantitative estimate of drug-likeness (QED) is 0.653. The fraction of sp³-hybridized carbons (Fsp3) is 0.846. The van der Waals surface area contributed by atoms with E-state index in [1.54, 1.807) is 4.90 Å². The topological polar surface area (TPSA) is 53.3 Å². The maximum Gasteiger partial charge on any atom is 0.410 e. The molecule has 98 valence electrons. The van der Waals surface area contributed by atoms with Crippen LogP contribution in [0.4, 0.5) is 4.79 Å². The van der Waals surface area contributed by atoms with E-state index in [2.05, 4.69) is 6.07 Å². The van der Waals surface area contributed by atoms with E-state index in [0.29, 0.717) is 13.1 Å². The average molecular weight is 240 g/mol. The van der Waals surface area contributed by atoms with E-state index in [9.17, 15) is 4.79 Å². The van der Waals surface area contributed by atoms with Gasteiger partial charge in [0.15, 0.2) is 0 Å². The number of ether oxygens (including phenoxy) is 1. The highest BCUT2D eigenvalue weighted by Crippen LogP contribution is 2.18. The van der Waals surface area contributed by atoms with Crippen molar-refractivity contribution in [2.24, 2.45) is 5.92 Å². The first-order valence-electron chi connectivity index (χ1n) is 6.30. The van der Waals surface area contributed by atoms with E-state index in [-0.39, 0.29) is 12.0 Å². The van der Waals surface area contributed by atoms with Crippen LogP contribution in [0.15, 0.2) is 0 Å². The summed E-state index contributed by atoms with van der Waals surface area (Å²) in [6.45, 7) is 10.8. The Balaban J connectivity index is 0.00000121. The van der Waals surface area contributed by atoms with Gasteiger partial charge in [0, 0.05) is 19.0 Å². The zero-order valence-electron chi connectivity index (χ0n) is 11.6. The van der Waals surface area contributed by atoms with Crippen LogP contribution in [0, 0.1) is 17.2 Å². The number of carbonyl (C=O) groups excluding carboxylic acids is 1. The van der Waals surface area contributed by atoms with Crippen molar-refractivity contribution in [1.82, 2.24) is 4.90 Å². The lowest BCUT2D eigenvalue weighted by molar-refractivity contribution is 0.0199. The normalized spacial score (nSPS) is 16.6. The third kappa shape index (κ3) is 6.15. The van der Waals surface area contributed by atoms with Crippen molar-refractivity contribution in [2.75, 3.05) is 13.1 Å². The molecule has 1 rings (SSSR count). The summed E-state index contributed by atoms with van der Waals surface area (Å²) in [4.78, 5) is 13.3. The van der Waals surface area contributed by atoms with Crippen LogP contribution in [0.25, 0.3) is 0 Å². The van der Waals surface area contributed by atoms with Crippen LogP contribution < -0.4 is 0 Å². The molecule has 1 aliphatic heterocycles. The predicted octanol–water partition coefficient (Wildman–Crippen LogP) is 3.18. The monoisotopic (exact) mass is 240 g/mol. The largest absolute Gasteiger partial charge is 0.444 e. The van der Waals surface area contributed by atoms with Crippen molar-refractivity contribution in [2.45, 2.75) is 53.1 Å². The molecule has 0 aromatic rings. The molecule has 0 radical (unpaired) electrons. The second kappa shape index (κ2) is 7.16. The number of amides is 1. The molecule has 0 aromatic carbocycles. The molecule has 0 spiro atoms. The summed E-state index contributed by atoms with van der Waals surface area (Å²) in [6.07, 6.45) is 1.25.